The number of carbonyl (C=O) groups excluding carboxylic acids is 2. The van der Waals surface area contributed by atoms with Crippen molar-refractivity contribution in [1.29, 1.82) is 0 Å². The molecule has 0 N–H and O–H groups in total. The van der Waals surface area contributed by atoms with E-state index in [1.807, 2.05) is 67.6 Å². The number of hydrogen-bond donors (Lipinski definition) is 0. The van der Waals surface area contributed by atoms with Crippen molar-refractivity contribution in [2.45, 2.75) is 26.0 Å². The molecule has 0 bridgehead atoms. The Hall–Kier alpha value is -3.51. The zero-order chi connectivity index (χ0) is 21.4. The first-order valence-corrected chi connectivity index (χ1v) is 10.9. The van der Waals surface area contributed by atoms with Crippen LogP contribution in [0.3, 0.4) is 0 Å². The lowest BCUT2D eigenvalue weighted by Gasteiger charge is -2.22. The number of rotatable bonds is 5. The van der Waals surface area contributed by atoms with Gasteiger partial charge >= 0.3 is 5.97 Å². The zero-order valence-corrected chi connectivity index (χ0v) is 17.8. The van der Waals surface area contributed by atoms with Gasteiger partial charge in [0.15, 0.2) is 5.13 Å². The first-order chi connectivity index (χ1) is 15.1. The van der Waals surface area contributed by atoms with Gasteiger partial charge in [0.2, 0.25) is 5.91 Å². The molecule has 31 heavy (non-hydrogen) atoms. The monoisotopic (exact) mass is 428 g/mol. The molecule has 154 valence electrons. The van der Waals surface area contributed by atoms with Crippen molar-refractivity contribution in [1.82, 2.24) is 4.98 Å². The van der Waals surface area contributed by atoms with Gasteiger partial charge in [0.05, 0.1) is 28.7 Å². The molecule has 6 heteroatoms. The molecule has 5 rings (SSSR count). The molecule has 1 atom stereocenters. The van der Waals surface area contributed by atoms with Gasteiger partial charge in [-0.15, -0.1) is 0 Å². The van der Waals surface area contributed by atoms with Crippen LogP contribution in [0.25, 0.3) is 10.2 Å². The van der Waals surface area contributed by atoms with Crippen LogP contribution in [0.15, 0.2) is 72.8 Å². The summed E-state index contributed by atoms with van der Waals surface area (Å²) in [5.41, 5.74) is 4.29. The van der Waals surface area contributed by atoms with E-state index in [0.29, 0.717) is 17.2 Å². The Kier molecular flexibility index (Phi) is 5.00. The minimum Gasteiger partial charge on any atom is -0.453 e. The molecule has 3 aromatic carbocycles. The second kappa shape index (κ2) is 7.96. The average Bonchev–Trinajstić information content (AvgIpc) is 3.35. The standard InChI is InChI=1S/C25H20N2O3S/c1-16-8-7-13-21-23(16)26-25(31-21)27(15-17-9-3-2-4-10-17)22(28)14-20-18-11-5-6-12-19(18)24(29)30-20/h2-13,20H,14-15H2,1H3/t20-/m0/s1. The number of aromatic nitrogens is 1. The maximum Gasteiger partial charge on any atom is 0.339 e. The number of ether oxygens (including phenoxy) is 1. The van der Waals surface area contributed by atoms with E-state index < -0.39 is 6.10 Å². The van der Waals surface area contributed by atoms with Crippen molar-refractivity contribution >= 4 is 38.6 Å². The number of para-hydroxylation sites is 1. The Balaban J connectivity index is 1.48. The number of amides is 1. The molecule has 2 heterocycles. The van der Waals surface area contributed by atoms with E-state index in [1.54, 1.807) is 17.0 Å². The minimum absolute atomic E-state index is 0.0739. The zero-order valence-electron chi connectivity index (χ0n) is 16.9. The van der Waals surface area contributed by atoms with Gasteiger partial charge < -0.3 is 4.74 Å². The second-order valence-electron chi connectivity index (χ2n) is 7.57. The Bertz CT molecular complexity index is 1280. The van der Waals surface area contributed by atoms with E-state index in [9.17, 15) is 9.59 Å². The molecule has 4 aromatic rings. The summed E-state index contributed by atoms with van der Waals surface area (Å²) in [5, 5.41) is 0.649. The third-order valence-electron chi connectivity index (χ3n) is 5.46. The fourth-order valence-corrected chi connectivity index (χ4v) is 4.92. The molecule has 1 amide bonds. The quantitative estimate of drug-likeness (QED) is 0.397. The molecule has 1 aliphatic heterocycles. The Morgan fingerprint density at radius 3 is 2.61 bits per heavy atom. The number of thiazole rings is 1. The van der Waals surface area contributed by atoms with E-state index >= 15 is 0 Å². The SMILES string of the molecule is Cc1cccc2sc(N(Cc3ccccc3)C(=O)C[C@@H]3OC(=O)c4ccccc43)nc12. The first kappa shape index (κ1) is 19.5. The highest BCUT2D eigenvalue weighted by molar-refractivity contribution is 7.22. The van der Waals surface area contributed by atoms with Crippen LogP contribution in [-0.2, 0) is 16.1 Å². The van der Waals surface area contributed by atoms with Crippen LogP contribution < -0.4 is 4.90 Å². The number of cyclic esters (lactones) is 1. The minimum atomic E-state index is -0.578. The highest BCUT2D eigenvalue weighted by atomic mass is 32.1. The summed E-state index contributed by atoms with van der Waals surface area (Å²) in [4.78, 5) is 32.2. The molecule has 0 fully saturated rings. The van der Waals surface area contributed by atoms with E-state index in [2.05, 4.69) is 0 Å². The van der Waals surface area contributed by atoms with Gasteiger partial charge in [-0.3, -0.25) is 9.69 Å². The van der Waals surface area contributed by atoms with Crippen molar-refractivity contribution < 1.29 is 14.3 Å². The van der Waals surface area contributed by atoms with Gasteiger partial charge in [0.1, 0.15) is 6.10 Å². The smallest absolute Gasteiger partial charge is 0.339 e. The largest absolute Gasteiger partial charge is 0.453 e. The number of benzene rings is 3. The number of hydrogen-bond acceptors (Lipinski definition) is 5. The molecule has 1 aromatic heterocycles. The maximum absolute atomic E-state index is 13.5. The number of fused-ring (bicyclic) bond motifs is 2. The van der Waals surface area contributed by atoms with Crippen molar-refractivity contribution in [2.24, 2.45) is 0 Å². The fourth-order valence-electron chi connectivity index (χ4n) is 3.86. The molecule has 0 saturated heterocycles. The van der Waals surface area contributed by atoms with E-state index in [-0.39, 0.29) is 18.3 Å². The van der Waals surface area contributed by atoms with E-state index in [0.717, 1.165) is 26.9 Å². The number of esters is 1. The lowest BCUT2D eigenvalue weighted by atomic mass is 10.0. The lowest BCUT2D eigenvalue weighted by molar-refractivity contribution is -0.120. The summed E-state index contributed by atoms with van der Waals surface area (Å²) in [6.07, 6.45) is -0.504. The van der Waals surface area contributed by atoms with Crippen LogP contribution in [0.2, 0.25) is 0 Å². The molecule has 0 saturated carbocycles. The maximum atomic E-state index is 13.5. The van der Waals surface area contributed by atoms with Gasteiger partial charge in [-0.25, -0.2) is 9.78 Å². The van der Waals surface area contributed by atoms with E-state index in [1.165, 1.54) is 11.3 Å². The van der Waals surface area contributed by atoms with Crippen LogP contribution >= 0.6 is 11.3 Å². The van der Waals surface area contributed by atoms with Crippen molar-refractivity contribution in [3.05, 3.63) is 95.1 Å². The second-order valence-corrected chi connectivity index (χ2v) is 8.58. The topological polar surface area (TPSA) is 59.5 Å². The van der Waals surface area contributed by atoms with Gasteiger partial charge in [-0.1, -0.05) is 72.0 Å². The summed E-state index contributed by atoms with van der Waals surface area (Å²) in [7, 11) is 0. The molecule has 0 unspecified atom stereocenters. The summed E-state index contributed by atoms with van der Waals surface area (Å²) in [5.74, 6) is -0.506. The molecular formula is C25H20N2O3S. The predicted octanol–water partition coefficient (Wildman–Crippen LogP) is 5.44. The fraction of sp³-hybridized carbons (Fsp3) is 0.160. The number of anilines is 1. The average molecular weight is 429 g/mol. The highest BCUT2D eigenvalue weighted by Gasteiger charge is 2.34. The normalized spacial score (nSPS) is 15.0. The Morgan fingerprint density at radius 2 is 1.81 bits per heavy atom. The summed E-state index contributed by atoms with van der Waals surface area (Å²) in [6.45, 7) is 2.42. The van der Waals surface area contributed by atoms with Crippen molar-refractivity contribution in [3.8, 4) is 0 Å². The third kappa shape index (κ3) is 3.70. The predicted molar refractivity (Wildman–Crippen MR) is 121 cm³/mol. The number of aryl methyl sites for hydroxylation is 1. The third-order valence-corrected chi connectivity index (χ3v) is 6.51. The number of carbonyl (C=O) groups is 2. The van der Waals surface area contributed by atoms with Crippen molar-refractivity contribution in [3.63, 3.8) is 0 Å². The van der Waals surface area contributed by atoms with Gasteiger partial charge in [0, 0.05) is 5.56 Å². The molecular weight excluding hydrogens is 408 g/mol. The summed E-state index contributed by atoms with van der Waals surface area (Å²) in [6, 6.07) is 23.1. The van der Waals surface area contributed by atoms with E-state index in [4.69, 9.17) is 9.72 Å². The molecule has 5 nitrogen and oxygen atoms in total. The molecule has 1 aliphatic rings. The van der Waals surface area contributed by atoms with Gasteiger partial charge in [-0.2, -0.15) is 0 Å². The van der Waals surface area contributed by atoms with Crippen molar-refractivity contribution in [2.75, 3.05) is 4.90 Å². The van der Waals surface area contributed by atoms with Crippen LogP contribution in [0, 0.1) is 6.92 Å². The van der Waals surface area contributed by atoms with Crippen LogP contribution in [0.4, 0.5) is 5.13 Å². The molecule has 0 spiro atoms. The Labute approximate surface area is 183 Å². The first-order valence-electron chi connectivity index (χ1n) is 10.1. The Morgan fingerprint density at radius 1 is 1.03 bits per heavy atom. The molecule has 0 radical (unpaired) electrons. The summed E-state index contributed by atoms with van der Waals surface area (Å²) < 4.78 is 6.55. The summed E-state index contributed by atoms with van der Waals surface area (Å²) >= 11 is 1.50. The van der Waals surface area contributed by atoms with Crippen LogP contribution in [0.1, 0.15) is 39.6 Å². The lowest BCUT2D eigenvalue weighted by Crippen LogP contribution is -2.31. The number of nitrogens with zero attached hydrogens (tertiary/aromatic N) is 2. The highest BCUT2D eigenvalue weighted by Crippen LogP contribution is 2.36. The van der Waals surface area contributed by atoms with Gasteiger partial charge in [-0.05, 0) is 30.2 Å². The molecule has 0 aliphatic carbocycles. The van der Waals surface area contributed by atoms with Crippen LogP contribution in [-0.4, -0.2) is 16.9 Å². The van der Waals surface area contributed by atoms with Gasteiger partial charge in [0.25, 0.3) is 0 Å². The van der Waals surface area contributed by atoms with Crippen LogP contribution in [0.5, 0.6) is 0 Å².